The first-order valence-corrected chi connectivity index (χ1v) is 8.56. The normalized spacial score (nSPS) is 11.3. The number of aromatic nitrogens is 6. The van der Waals surface area contributed by atoms with Gasteiger partial charge in [-0.05, 0) is 31.2 Å². The van der Waals surface area contributed by atoms with Gasteiger partial charge in [0, 0.05) is 30.2 Å². The first-order chi connectivity index (χ1) is 12.2. The van der Waals surface area contributed by atoms with Gasteiger partial charge in [0.25, 0.3) is 0 Å². The summed E-state index contributed by atoms with van der Waals surface area (Å²) >= 11 is 12.1. The van der Waals surface area contributed by atoms with Crippen LogP contribution in [0.5, 0.6) is 0 Å². The van der Waals surface area contributed by atoms with E-state index in [2.05, 4.69) is 26.4 Å². The van der Waals surface area contributed by atoms with E-state index in [4.69, 9.17) is 28.2 Å². The zero-order chi connectivity index (χ0) is 17.4. The highest BCUT2D eigenvalue weighted by Crippen LogP contribution is 2.22. The second kappa shape index (κ2) is 6.46. The fraction of sp³-hybridized carbons (Fsp3) is 0.176. The van der Waals surface area contributed by atoms with E-state index in [0.29, 0.717) is 16.7 Å². The predicted octanol–water partition coefficient (Wildman–Crippen LogP) is 4.06. The number of aryl methyl sites for hydroxylation is 1. The molecule has 0 aliphatic carbocycles. The molecule has 0 radical (unpaired) electrons. The lowest BCUT2D eigenvalue weighted by Crippen LogP contribution is -2.09. The van der Waals surface area contributed by atoms with E-state index in [1.807, 2.05) is 16.8 Å². The SMILES string of the molecule is CCn1c(Cn2ccnc2-c2cc(Cl)ccn2)nc2ccc(Cl)nc21. The summed E-state index contributed by atoms with van der Waals surface area (Å²) in [6, 6.07) is 7.17. The van der Waals surface area contributed by atoms with Gasteiger partial charge in [0.05, 0.1) is 6.54 Å². The highest BCUT2D eigenvalue weighted by Gasteiger charge is 2.14. The molecule has 0 amide bonds. The molecule has 8 heteroatoms. The van der Waals surface area contributed by atoms with E-state index < -0.39 is 0 Å². The van der Waals surface area contributed by atoms with Crippen molar-refractivity contribution in [1.29, 1.82) is 0 Å². The summed E-state index contributed by atoms with van der Waals surface area (Å²) in [6.07, 6.45) is 5.31. The van der Waals surface area contributed by atoms with Crippen molar-refractivity contribution in [3.63, 3.8) is 0 Å². The fourth-order valence-electron chi connectivity index (χ4n) is 2.83. The lowest BCUT2D eigenvalue weighted by molar-refractivity contribution is 0.663. The molecule has 0 spiro atoms. The van der Waals surface area contributed by atoms with E-state index in [1.165, 1.54) is 0 Å². The number of halogens is 2. The standard InChI is InChI=1S/C17H14Cl2N6/c1-2-25-15(22-12-3-4-14(19)23-17(12)25)10-24-8-7-21-16(24)13-9-11(18)5-6-20-13/h3-9H,2,10H2,1H3. The molecule has 0 aromatic carbocycles. The van der Waals surface area contributed by atoms with Crippen LogP contribution in [0.3, 0.4) is 0 Å². The summed E-state index contributed by atoms with van der Waals surface area (Å²) in [5.41, 5.74) is 2.33. The second-order valence-electron chi connectivity index (χ2n) is 5.49. The van der Waals surface area contributed by atoms with Gasteiger partial charge in [-0.2, -0.15) is 0 Å². The lowest BCUT2D eigenvalue weighted by atomic mass is 10.3. The van der Waals surface area contributed by atoms with Crippen molar-refractivity contribution in [3.8, 4) is 11.5 Å². The van der Waals surface area contributed by atoms with E-state index >= 15 is 0 Å². The molecule has 0 atom stereocenters. The minimum absolute atomic E-state index is 0.458. The van der Waals surface area contributed by atoms with Gasteiger partial charge in [-0.15, -0.1) is 0 Å². The topological polar surface area (TPSA) is 61.4 Å². The molecule has 0 N–H and O–H groups in total. The van der Waals surface area contributed by atoms with Gasteiger partial charge in [0.1, 0.15) is 22.2 Å². The van der Waals surface area contributed by atoms with Crippen molar-refractivity contribution in [2.75, 3.05) is 0 Å². The van der Waals surface area contributed by atoms with E-state index in [0.717, 1.165) is 35.1 Å². The van der Waals surface area contributed by atoms with Crippen LogP contribution in [-0.4, -0.2) is 29.1 Å². The summed E-state index contributed by atoms with van der Waals surface area (Å²) < 4.78 is 4.05. The highest BCUT2D eigenvalue weighted by atomic mass is 35.5. The fourth-order valence-corrected chi connectivity index (χ4v) is 3.13. The molecule has 0 bridgehead atoms. The Hall–Kier alpha value is -2.44. The van der Waals surface area contributed by atoms with Crippen LogP contribution in [0.1, 0.15) is 12.7 Å². The van der Waals surface area contributed by atoms with Gasteiger partial charge in [-0.3, -0.25) is 4.98 Å². The molecule has 4 aromatic heterocycles. The third-order valence-corrected chi connectivity index (χ3v) is 4.38. The number of hydrogen-bond acceptors (Lipinski definition) is 4. The highest BCUT2D eigenvalue weighted by molar-refractivity contribution is 6.30. The third kappa shape index (κ3) is 2.99. The molecule has 126 valence electrons. The van der Waals surface area contributed by atoms with Crippen molar-refractivity contribution in [3.05, 3.63) is 58.9 Å². The number of imidazole rings is 2. The van der Waals surface area contributed by atoms with Crippen LogP contribution in [0, 0.1) is 0 Å². The van der Waals surface area contributed by atoms with Crippen molar-refractivity contribution in [2.24, 2.45) is 0 Å². The Morgan fingerprint density at radius 3 is 2.72 bits per heavy atom. The Morgan fingerprint density at radius 2 is 1.92 bits per heavy atom. The van der Waals surface area contributed by atoms with E-state index in [1.54, 1.807) is 30.6 Å². The van der Waals surface area contributed by atoms with Crippen molar-refractivity contribution < 1.29 is 0 Å². The third-order valence-electron chi connectivity index (χ3n) is 3.93. The maximum Gasteiger partial charge on any atom is 0.161 e. The van der Waals surface area contributed by atoms with Gasteiger partial charge in [0.15, 0.2) is 11.5 Å². The molecule has 4 heterocycles. The number of nitrogens with zero attached hydrogens (tertiary/aromatic N) is 6. The quantitative estimate of drug-likeness (QED) is 0.506. The van der Waals surface area contributed by atoms with Crippen LogP contribution in [0.2, 0.25) is 10.2 Å². The molecule has 0 saturated carbocycles. The molecule has 6 nitrogen and oxygen atoms in total. The molecule has 0 aliphatic rings. The van der Waals surface area contributed by atoms with Gasteiger partial charge in [-0.1, -0.05) is 23.2 Å². The predicted molar refractivity (Wildman–Crippen MR) is 97.8 cm³/mol. The number of fused-ring (bicyclic) bond motifs is 1. The van der Waals surface area contributed by atoms with Crippen LogP contribution >= 0.6 is 23.2 Å². The van der Waals surface area contributed by atoms with Gasteiger partial charge in [0.2, 0.25) is 0 Å². The molecule has 0 aliphatic heterocycles. The minimum Gasteiger partial charge on any atom is -0.322 e. The zero-order valence-corrected chi connectivity index (χ0v) is 14.9. The monoisotopic (exact) mass is 372 g/mol. The second-order valence-corrected chi connectivity index (χ2v) is 6.31. The summed E-state index contributed by atoms with van der Waals surface area (Å²) in [6.45, 7) is 3.35. The molecule has 0 unspecified atom stereocenters. The Morgan fingerprint density at radius 1 is 1.04 bits per heavy atom. The smallest absolute Gasteiger partial charge is 0.161 e. The Balaban J connectivity index is 1.77. The Kier molecular flexibility index (Phi) is 4.15. The molecule has 4 aromatic rings. The molecule has 0 fully saturated rings. The molecular formula is C17H14Cl2N6. The molecule has 0 saturated heterocycles. The summed E-state index contributed by atoms with van der Waals surface area (Å²) in [5, 5.41) is 1.08. The maximum atomic E-state index is 6.08. The van der Waals surface area contributed by atoms with Crippen LogP contribution in [-0.2, 0) is 13.1 Å². The van der Waals surface area contributed by atoms with Gasteiger partial charge in [-0.25, -0.2) is 15.0 Å². The van der Waals surface area contributed by atoms with E-state index in [9.17, 15) is 0 Å². The van der Waals surface area contributed by atoms with Gasteiger partial charge < -0.3 is 9.13 Å². The number of hydrogen-bond donors (Lipinski definition) is 0. The molecular weight excluding hydrogens is 359 g/mol. The number of rotatable bonds is 4. The van der Waals surface area contributed by atoms with Crippen LogP contribution in [0.4, 0.5) is 0 Å². The van der Waals surface area contributed by atoms with Crippen LogP contribution in [0.15, 0.2) is 42.9 Å². The van der Waals surface area contributed by atoms with Crippen LogP contribution in [0.25, 0.3) is 22.7 Å². The number of pyridine rings is 2. The largest absolute Gasteiger partial charge is 0.322 e. The van der Waals surface area contributed by atoms with Crippen molar-refractivity contribution in [1.82, 2.24) is 29.1 Å². The lowest BCUT2D eigenvalue weighted by Gasteiger charge is -2.09. The zero-order valence-electron chi connectivity index (χ0n) is 13.4. The average molecular weight is 373 g/mol. The first-order valence-electron chi connectivity index (χ1n) is 7.80. The maximum absolute atomic E-state index is 6.08. The molecule has 25 heavy (non-hydrogen) atoms. The van der Waals surface area contributed by atoms with Crippen molar-refractivity contribution >= 4 is 34.4 Å². The van der Waals surface area contributed by atoms with Crippen molar-refractivity contribution in [2.45, 2.75) is 20.0 Å². The summed E-state index contributed by atoms with van der Waals surface area (Å²) in [5.74, 6) is 1.62. The average Bonchev–Trinajstić information content (AvgIpc) is 3.19. The van der Waals surface area contributed by atoms with E-state index in [-0.39, 0.29) is 0 Å². The van der Waals surface area contributed by atoms with Gasteiger partial charge >= 0.3 is 0 Å². The first kappa shape index (κ1) is 16.1. The van der Waals surface area contributed by atoms with Crippen LogP contribution < -0.4 is 0 Å². The molecule has 4 rings (SSSR count). The Labute approximate surface area is 154 Å². The summed E-state index contributed by atoms with van der Waals surface area (Å²) in [7, 11) is 0. The summed E-state index contributed by atoms with van der Waals surface area (Å²) in [4.78, 5) is 17.9. The Bertz CT molecular complexity index is 1050. The minimum atomic E-state index is 0.458.